The van der Waals surface area contributed by atoms with E-state index in [2.05, 4.69) is 23.5 Å². The topological polar surface area (TPSA) is 83.6 Å². The highest BCUT2D eigenvalue weighted by atomic mass is 32.2. The monoisotopic (exact) mass is 348 g/mol. The molecule has 0 spiro atoms. The number of nitrogens with one attached hydrogen (secondary N) is 1. The molecule has 0 aliphatic carbocycles. The third kappa shape index (κ3) is 5.35. The lowest BCUT2D eigenvalue weighted by Crippen LogP contribution is -2.37. The van der Waals surface area contributed by atoms with E-state index in [1.807, 2.05) is 7.05 Å². The Morgan fingerprint density at radius 2 is 1.77 bits per heavy atom. The van der Waals surface area contributed by atoms with Gasteiger partial charge in [-0.1, -0.05) is 13.0 Å². The Labute approximate surface area is 133 Å². The van der Waals surface area contributed by atoms with E-state index in [0.29, 0.717) is 12.6 Å². The smallest absolute Gasteiger partial charge is 0.240 e. The Hall–Kier alpha value is -0.960. The van der Waals surface area contributed by atoms with Crippen LogP contribution >= 0.6 is 0 Å². The molecule has 1 N–H and O–H groups in total. The van der Waals surface area contributed by atoms with Crippen LogP contribution in [0.2, 0.25) is 0 Å². The zero-order valence-corrected chi connectivity index (χ0v) is 15.0. The van der Waals surface area contributed by atoms with Gasteiger partial charge in [-0.25, -0.2) is 21.6 Å². The lowest BCUT2D eigenvalue weighted by Gasteiger charge is -2.23. The van der Waals surface area contributed by atoms with E-state index < -0.39 is 19.9 Å². The molecule has 0 bridgehead atoms. The number of sulfonamides is 1. The molecule has 8 heteroatoms. The van der Waals surface area contributed by atoms with Gasteiger partial charge in [0.15, 0.2) is 9.84 Å². The lowest BCUT2D eigenvalue weighted by atomic mass is 10.2. The molecule has 1 rings (SSSR count). The highest BCUT2D eigenvalue weighted by molar-refractivity contribution is 7.91. The van der Waals surface area contributed by atoms with E-state index in [-0.39, 0.29) is 16.3 Å². The van der Waals surface area contributed by atoms with Crippen molar-refractivity contribution in [2.75, 3.05) is 26.4 Å². The summed E-state index contributed by atoms with van der Waals surface area (Å²) in [5.74, 6) is 0. The second-order valence-electron chi connectivity index (χ2n) is 5.38. The van der Waals surface area contributed by atoms with Gasteiger partial charge in [-0.15, -0.1) is 0 Å². The first-order chi connectivity index (χ1) is 10.1. The van der Waals surface area contributed by atoms with E-state index in [1.54, 1.807) is 0 Å². The van der Waals surface area contributed by atoms with E-state index in [9.17, 15) is 16.8 Å². The Morgan fingerprint density at radius 3 is 2.32 bits per heavy atom. The quantitative estimate of drug-likeness (QED) is 0.760. The van der Waals surface area contributed by atoms with Crippen molar-refractivity contribution in [3.05, 3.63) is 24.3 Å². The summed E-state index contributed by atoms with van der Waals surface area (Å²) in [5.41, 5.74) is 0. The number of rotatable bonds is 8. The van der Waals surface area contributed by atoms with Crippen LogP contribution < -0.4 is 4.72 Å². The fourth-order valence-electron chi connectivity index (χ4n) is 1.84. The molecule has 1 aromatic rings. The zero-order valence-electron chi connectivity index (χ0n) is 13.4. The van der Waals surface area contributed by atoms with Crippen molar-refractivity contribution >= 4 is 19.9 Å². The van der Waals surface area contributed by atoms with Gasteiger partial charge in [0.1, 0.15) is 0 Å². The maximum Gasteiger partial charge on any atom is 0.240 e. The molecular formula is C14H24N2O4S2. The molecule has 0 saturated carbocycles. The number of nitrogens with zero attached hydrogens (tertiary/aromatic N) is 1. The number of hydrogen-bond acceptors (Lipinski definition) is 5. The van der Waals surface area contributed by atoms with Crippen LogP contribution in [0.15, 0.2) is 34.1 Å². The summed E-state index contributed by atoms with van der Waals surface area (Å²) in [5, 5.41) is 0. The highest BCUT2D eigenvalue weighted by Gasteiger charge is 2.17. The van der Waals surface area contributed by atoms with Gasteiger partial charge in [0, 0.05) is 25.4 Å². The number of likely N-dealkylation sites (N-methyl/N-ethyl adjacent to an activating group) is 1. The van der Waals surface area contributed by atoms with E-state index in [1.165, 1.54) is 24.3 Å². The van der Waals surface area contributed by atoms with Crippen molar-refractivity contribution in [1.82, 2.24) is 9.62 Å². The van der Waals surface area contributed by atoms with Crippen LogP contribution in [0, 0.1) is 0 Å². The standard InChI is InChI=1S/C14H24N2O4S2/c1-5-12(2)16(3)10-9-15-22(19,20)14-8-6-7-13(11-14)21(4,17)18/h6-8,11-12,15H,5,9-10H2,1-4H3/t12-/m1/s1. The molecule has 0 radical (unpaired) electrons. The van der Waals surface area contributed by atoms with Gasteiger partial charge in [-0.2, -0.15) is 0 Å². The van der Waals surface area contributed by atoms with Crippen molar-refractivity contribution in [3.8, 4) is 0 Å². The zero-order chi connectivity index (χ0) is 17.0. The largest absolute Gasteiger partial charge is 0.302 e. The molecular weight excluding hydrogens is 324 g/mol. The molecule has 1 aromatic carbocycles. The van der Waals surface area contributed by atoms with Gasteiger partial charge < -0.3 is 4.90 Å². The molecule has 6 nitrogen and oxygen atoms in total. The van der Waals surface area contributed by atoms with E-state index in [4.69, 9.17) is 0 Å². The van der Waals surface area contributed by atoms with Crippen molar-refractivity contribution in [2.45, 2.75) is 36.1 Å². The van der Waals surface area contributed by atoms with Gasteiger partial charge in [-0.05, 0) is 38.6 Å². The summed E-state index contributed by atoms with van der Waals surface area (Å²) in [6.45, 7) is 5.00. The van der Waals surface area contributed by atoms with E-state index in [0.717, 1.165) is 12.7 Å². The Bertz CT molecular complexity index is 699. The third-order valence-electron chi connectivity index (χ3n) is 3.64. The van der Waals surface area contributed by atoms with Crippen LogP contribution in [0.3, 0.4) is 0 Å². The molecule has 126 valence electrons. The van der Waals surface area contributed by atoms with Gasteiger partial charge in [-0.3, -0.25) is 0 Å². The predicted octanol–water partition coefficient (Wildman–Crippen LogP) is 1.10. The highest BCUT2D eigenvalue weighted by Crippen LogP contribution is 2.15. The van der Waals surface area contributed by atoms with Gasteiger partial charge in [0.2, 0.25) is 10.0 Å². The molecule has 0 amide bonds. The van der Waals surface area contributed by atoms with Gasteiger partial charge >= 0.3 is 0 Å². The Kier molecular flexibility index (Phi) is 6.54. The first-order valence-corrected chi connectivity index (χ1v) is 10.5. The molecule has 0 unspecified atom stereocenters. The molecule has 0 fully saturated rings. The van der Waals surface area contributed by atoms with Crippen molar-refractivity contribution in [1.29, 1.82) is 0 Å². The second-order valence-corrected chi connectivity index (χ2v) is 9.17. The minimum absolute atomic E-state index is 0.00732. The summed E-state index contributed by atoms with van der Waals surface area (Å²) >= 11 is 0. The summed E-state index contributed by atoms with van der Waals surface area (Å²) < 4.78 is 49.9. The van der Waals surface area contributed by atoms with Crippen molar-refractivity contribution in [2.24, 2.45) is 0 Å². The molecule has 0 heterocycles. The summed E-state index contributed by atoms with van der Waals surface area (Å²) in [7, 11) is -5.21. The fraction of sp³-hybridized carbons (Fsp3) is 0.571. The van der Waals surface area contributed by atoms with Crippen LogP contribution in [0.1, 0.15) is 20.3 Å². The van der Waals surface area contributed by atoms with Crippen LogP contribution in [-0.2, 0) is 19.9 Å². The van der Waals surface area contributed by atoms with Crippen molar-refractivity contribution in [3.63, 3.8) is 0 Å². The number of sulfone groups is 1. The van der Waals surface area contributed by atoms with Gasteiger partial charge in [0.25, 0.3) is 0 Å². The van der Waals surface area contributed by atoms with Crippen LogP contribution in [-0.4, -0.2) is 54.2 Å². The predicted molar refractivity (Wildman–Crippen MR) is 87.1 cm³/mol. The molecule has 1 atom stereocenters. The maximum absolute atomic E-state index is 12.2. The third-order valence-corrected chi connectivity index (χ3v) is 6.21. The lowest BCUT2D eigenvalue weighted by molar-refractivity contribution is 0.256. The summed E-state index contributed by atoms with van der Waals surface area (Å²) in [4.78, 5) is 2.02. The van der Waals surface area contributed by atoms with Crippen LogP contribution in [0.5, 0.6) is 0 Å². The number of hydrogen-bond donors (Lipinski definition) is 1. The van der Waals surface area contributed by atoms with Gasteiger partial charge in [0.05, 0.1) is 9.79 Å². The molecule has 0 aliphatic heterocycles. The number of benzene rings is 1. The fourth-order valence-corrected chi connectivity index (χ4v) is 3.65. The van der Waals surface area contributed by atoms with Crippen LogP contribution in [0.4, 0.5) is 0 Å². The molecule has 0 aliphatic rings. The normalized spacial score (nSPS) is 14.2. The summed E-state index contributed by atoms with van der Waals surface area (Å²) in [6, 6.07) is 5.74. The van der Waals surface area contributed by atoms with Crippen LogP contribution in [0.25, 0.3) is 0 Å². The average molecular weight is 348 g/mol. The SMILES string of the molecule is CC[C@@H](C)N(C)CCNS(=O)(=O)c1cccc(S(C)(=O)=O)c1. The van der Waals surface area contributed by atoms with Crippen molar-refractivity contribution < 1.29 is 16.8 Å². The molecule has 0 aromatic heterocycles. The second kappa shape index (κ2) is 7.54. The maximum atomic E-state index is 12.2. The molecule has 22 heavy (non-hydrogen) atoms. The minimum atomic E-state index is -3.71. The first-order valence-electron chi connectivity index (χ1n) is 7.08. The minimum Gasteiger partial charge on any atom is -0.302 e. The van der Waals surface area contributed by atoms with E-state index >= 15 is 0 Å². The first kappa shape index (κ1) is 19.1. The summed E-state index contributed by atoms with van der Waals surface area (Å²) in [6.07, 6.45) is 2.03. The average Bonchev–Trinajstić information content (AvgIpc) is 2.45. The Balaban J connectivity index is 2.79. The molecule has 0 saturated heterocycles. The Morgan fingerprint density at radius 1 is 1.18 bits per heavy atom.